The molecule has 3 N–H and O–H groups in total. The van der Waals surface area contributed by atoms with Gasteiger partial charge in [0.15, 0.2) is 0 Å². The fourth-order valence-electron chi connectivity index (χ4n) is 7.06. The molecule has 9 unspecified atom stereocenters. The highest BCUT2D eigenvalue weighted by Gasteiger charge is 2.46. The monoisotopic (exact) mass is 406 g/mol. The van der Waals surface area contributed by atoms with Gasteiger partial charge in [-0.25, -0.2) is 4.39 Å². The topological polar surface area (TPSA) is 56.4 Å². The smallest absolute Gasteiger partial charge is 0.237 e. The van der Waals surface area contributed by atoms with Gasteiger partial charge in [-0.1, -0.05) is 13.3 Å². The van der Waals surface area contributed by atoms with E-state index in [2.05, 4.69) is 27.8 Å². The number of carbonyl (C=O) groups is 1. The summed E-state index contributed by atoms with van der Waals surface area (Å²) in [6, 6.07) is 0.832. The molecule has 0 aromatic rings. The molecule has 0 aromatic heterocycles. The van der Waals surface area contributed by atoms with Crippen molar-refractivity contribution in [1.29, 1.82) is 0 Å². The summed E-state index contributed by atoms with van der Waals surface area (Å²) in [7, 11) is 0. The number of hydrogen-bond acceptors (Lipinski definition) is 4. The van der Waals surface area contributed by atoms with Crippen LogP contribution < -0.4 is 16.0 Å². The van der Waals surface area contributed by atoms with Gasteiger partial charge in [-0.05, 0) is 76.2 Å². The van der Waals surface area contributed by atoms with Crippen LogP contribution in [-0.2, 0) is 4.79 Å². The second-order valence-corrected chi connectivity index (χ2v) is 10.6. The van der Waals surface area contributed by atoms with Gasteiger partial charge in [-0.2, -0.15) is 0 Å². The normalized spacial score (nSPS) is 48.1. The van der Waals surface area contributed by atoms with Crippen LogP contribution in [0.25, 0.3) is 0 Å². The summed E-state index contributed by atoms with van der Waals surface area (Å²) in [6.07, 6.45) is 10.7. The first-order valence-electron chi connectivity index (χ1n) is 12.3. The van der Waals surface area contributed by atoms with Crippen LogP contribution in [0.15, 0.2) is 0 Å². The first-order valence-corrected chi connectivity index (χ1v) is 12.3. The van der Waals surface area contributed by atoms with Gasteiger partial charge in [0.05, 0.1) is 12.2 Å². The summed E-state index contributed by atoms with van der Waals surface area (Å²) >= 11 is 0. The number of fused-ring (bicyclic) bond motifs is 2. The van der Waals surface area contributed by atoms with Crippen molar-refractivity contribution >= 4 is 5.91 Å². The van der Waals surface area contributed by atoms with E-state index in [9.17, 15) is 9.18 Å². The second kappa shape index (κ2) is 8.43. The van der Waals surface area contributed by atoms with E-state index in [1.165, 1.54) is 45.2 Å². The van der Waals surface area contributed by atoms with Gasteiger partial charge in [0.1, 0.15) is 6.17 Å². The molecular weight excluding hydrogens is 367 g/mol. The highest BCUT2D eigenvalue weighted by molar-refractivity contribution is 5.82. The standard InChI is InChI=1S/C23H39FN4O/c1-14-8-9-18(24)17-12-19(27-22(14)17)23(29)25-16-6-4-5-15(11-16)20-13-28-10-3-2-7-21(28)26-20/h14-22,26-27H,2-13H2,1H3,(H,25,29). The molecular formula is C23H39FN4O. The maximum atomic E-state index is 14.4. The average molecular weight is 407 g/mol. The molecule has 9 atom stereocenters. The van der Waals surface area contributed by atoms with Crippen LogP contribution in [0.4, 0.5) is 4.39 Å². The minimum Gasteiger partial charge on any atom is -0.352 e. The average Bonchev–Trinajstić information content (AvgIpc) is 3.36. The van der Waals surface area contributed by atoms with E-state index < -0.39 is 6.17 Å². The van der Waals surface area contributed by atoms with Gasteiger partial charge in [-0.15, -0.1) is 0 Å². The Balaban J connectivity index is 1.14. The minimum absolute atomic E-state index is 0.0219. The SMILES string of the molecule is CC1CCC(F)C2CC(C(=O)NC3CCCC(C4CN5CCCCC5N4)C3)NC12. The number of nitrogens with one attached hydrogen (secondary N) is 3. The summed E-state index contributed by atoms with van der Waals surface area (Å²) in [5.74, 6) is 1.26. The number of carbonyl (C=O) groups excluding carboxylic acids is 1. The molecule has 5 rings (SSSR count). The van der Waals surface area contributed by atoms with Crippen molar-refractivity contribution in [2.75, 3.05) is 13.1 Å². The number of piperidine rings is 1. The zero-order chi connectivity index (χ0) is 20.0. The Hall–Kier alpha value is -0.720. The lowest BCUT2D eigenvalue weighted by atomic mass is 9.77. The third-order valence-electron chi connectivity index (χ3n) is 8.74. The van der Waals surface area contributed by atoms with E-state index in [1.54, 1.807) is 0 Å². The van der Waals surface area contributed by atoms with Crippen molar-refractivity contribution in [3.63, 3.8) is 0 Å². The zero-order valence-electron chi connectivity index (χ0n) is 17.9. The molecule has 3 aliphatic heterocycles. The third kappa shape index (κ3) is 4.09. The predicted octanol–water partition coefficient (Wildman–Crippen LogP) is 2.56. The number of halogens is 1. The predicted molar refractivity (Wildman–Crippen MR) is 112 cm³/mol. The molecule has 2 aliphatic carbocycles. The van der Waals surface area contributed by atoms with E-state index in [4.69, 9.17) is 0 Å². The van der Waals surface area contributed by atoms with Crippen molar-refractivity contribution in [1.82, 2.24) is 20.9 Å². The van der Waals surface area contributed by atoms with Crippen LogP contribution in [0, 0.1) is 17.8 Å². The van der Waals surface area contributed by atoms with Gasteiger partial charge in [0, 0.05) is 30.6 Å². The third-order valence-corrected chi connectivity index (χ3v) is 8.74. The summed E-state index contributed by atoms with van der Waals surface area (Å²) < 4.78 is 14.4. The molecule has 5 aliphatic rings. The molecule has 2 saturated carbocycles. The van der Waals surface area contributed by atoms with Gasteiger partial charge in [0.2, 0.25) is 5.91 Å². The van der Waals surface area contributed by atoms with E-state index in [0.29, 0.717) is 36.9 Å². The molecule has 164 valence electrons. The highest BCUT2D eigenvalue weighted by Crippen LogP contribution is 2.39. The Morgan fingerprint density at radius 2 is 1.93 bits per heavy atom. The van der Waals surface area contributed by atoms with E-state index in [0.717, 1.165) is 19.3 Å². The summed E-state index contributed by atoms with van der Waals surface area (Å²) in [6.45, 7) is 4.62. The lowest BCUT2D eigenvalue weighted by molar-refractivity contribution is -0.124. The van der Waals surface area contributed by atoms with Gasteiger partial charge in [0.25, 0.3) is 0 Å². The lowest BCUT2D eigenvalue weighted by Crippen LogP contribution is -2.50. The van der Waals surface area contributed by atoms with Crippen LogP contribution >= 0.6 is 0 Å². The Bertz CT molecular complexity index is 571. The summed E-state index contributed by atoms with van der Waals surface area (Å²) in [5, 5.41) is 10.7. The van der Waals surface area contributed by atoms with Crippen molar-refractivity contribution in [3.8, 4) is 0 Å². The number of hydrogen-bond donors (Lipinski definition) is 3. The largest absolute Gasteiger partial charge is 0.352 e. The van der Waals surface area contributed by atoms with Crippen LogP contribution in [0.3, 0.4) is 0 Å². The molecule has 1 amide bonds. The molecule has 0 aromatic carbocycles. The van der Waals surface area contributed by atoms with Crippen molar-refractivity contribution in [2.24, 2.45) is 17.8 Å². The Morgan fingerprint density at radius 3 is 2.76 bits per heavy atom. The molecule has 6 heteroatoms. The zero-order valence-corrected chi connectivity index (χ0v) is 17.9. The van der Waals surface area contributed by atoms with Gasteiger partial charge in [-0.3, -0.25) is 15.0 Å². The number of rotatable bonds is 3. The van der Waals surface area contributed by atoms with Gasteiger partial charge >= 0.3 is 0 Å². The molecule has 5 nitrogen and oxygen atoms in total. The number of amides is 1. The molecule has 29 heavy (non-hydrogen) atoms. The second-order valence-electron chi connectivity index (χ2n) is 10.6. The lowest BCUT2D eigenvalue weighted by Gasteiger charge is -2.34. The molecule has 0 radical (unpaired) electrons. The minimum atomic E-state index is -0.743. The van der Waals surface area contributed by atoms with Crippen LogP contribution in [0.2, 0.25) is 0 Å². The van der Waals surface area contributed by atoms with Crippen LogP contribution in [-0.4, -0.2) is 60.4 Å². The maximum absolute atomic E-state index is 14.4. The van der Waals surface area contributed by atoms with E-state index in [1.807, 2.05) is 0 Å². The highest BCUT2D eigenvalue weighted by atomic mass is 19.1. The van der Waals surface area contributed by atoms with Crippen LogP contribution in [0.1, 0.15) is 71.1 Å². The Morgan fingerprint density at radius 1 is 1.03 bits per heavy atom. The number of alkyl halides is 1. The number of nitrogens with zero attached hydrogens (tertiary/aromatic N) is 1. The molecule has 5 fully saturated rings. The molecule has 0 spiro atoms. The van der Waals surface area contributed by atoms with Crippen molar-refractivity contribution in [3.05, 3.63) is 0 Å². The fourth-order valence-corrected chi connectivity index (χ4v) is 7.06. The first-order chi connectivity index (χ1) is 14.1. The van der Waals surface area contributed by atoms with Crippen LogP contribution in [0.5, 0.6) is 0 Å². The van der Waals surface area contributed by atoms with E-state index >= 15 is 0 Å². The fraction of sp³-hybridized carbons (Fsp3) is 0.957. The van der Waals surface area contributed by atoms with Crippen molar-refractivity contribution in [2.45, 2.75) is 108 Å². The van der Waals surface area contributed by atoms with Crippen molar-refractivity contribution < 1.29 is 9.18 Å². The summed E-state index contributed by atoms with van der Waals surface area (Å²) in [4.78, 5) is 15.6. The summed E-state index contributed by atoms with van der Waals surface area (Å²) in [5.41, 5.74) is 0. The maximum Gasteiger partial charge on any atom is 0.237 e. The quantitative estimate of drug-likeness (QED) is 0.674. The molecule has 3 saturated heterocycles. The Kier molecular flexibility index (Phi) is 5.87. The van der Waals surface area contributed by atoms with Gasteiger partial charge < -0.3 is 10.6 Å². The molecule has 0 bridgehead atoms. The Labute approximate surface area is 174 Å². The molecule has 3 heterocycles. The first kappa shape index (κ1) is 20.2. The van der Waals surface area contributed by atoms with E-state index in [-0.39, 0.29) is 30.0 Å².